The van der Waals surface area contributed by atoms with Gasteiger partial charge in [-0.15, -0.1) is 0 Å². The molecule has 25 heavy (non-hydrogen) atoms. The van der Waals surface area contributed by atoms with Gasteiger partial charge in [-0.25, -0.2) is 4.98 Å². The lowest BCUT2D eigenvalue weighted by Gasteiger charge is -2.34. The van der Waals surface area contributed by atoms with Gasteiger partial charge in [-0.3, -0.25) is 4.40 Å². The van der Waals surface area contributed by atoms with Crippen LogP contribution in [0.2, 0.25) is 0 Å². The van der Waals surface area contributed by atoms with Crippen LogP contribution in [0.4, 0.5) is 5.82 Å². The highest BCUT2D eigenvalue weighted by molar-refractivity contribution is 5.77. The van der Waals surface area contributed by atoms with Crippen LogP contribution in [0.1, 0.15) is 46.6 Å². The third-order valence-corrected chi connectivity index (χ3v) is 4.25. The summed E-state index contributed by atoms with van der Waals surface area (Å²) in [6.45, 7) is 13.5. The van der Waals surface area contributed by atoms with Gasteiger partial charge in [0.1, 0.15) is 17.2 Å². The van der Waals surface area contributed by atoms with Crippen LogP contribution in [0.15, 0.2) is 48.7 Å². The van der Waals surface area contributed by atoms with E-state index in [9.17, 15) is 0 Å². The Morgan fingerprint density at radius 3 is 2.44 bits per heavy atom. The number of anilines is 1. The van der Waals surface area contributed by atoms with Gasteiger partial charge in [0.15, 0.2) is 0 Å². The number of imidazole rings is 1. The first-order chi connectivity index (χ1) is 11.6. The SMILES string of the molecule is Cc1cccc(-c2nc3ccccn3c2NC(C)(C)CC(C)(C)C)c1. The summed E-state index contributed by atoms with van der Waals surface area (Å²) in [5.41, 5.74) is 4.58. The molecule has 0 aliphatic carbocycles. The van der Waals surface area contributed by atoms with E-state index in [1.165, 1.54) is 5.56 Å². The van der Waals surface area contributed by atoms with Gasteiger partial charge >= 0.3 is 0 Å². The molecule has 132 valence electrons. The lowest BCUT2D eigenvalue weighted by Crippen LogP contribution is -2.36. The number of nitrogens with zero attached hydrogens (tertiary/aromatic N) is 2. The van der Waals surface area contributed by atoms with Gasteiger partial charge in [-0.2, -0.15) is 0 Å². The molecule has 0 spiro atoms. The first-order valence-corrected chi connectivity index (χ1v) is 8.97. The molecule has 0 atom stereocenters. The number of rotatable bonds is 4. The van der Waals surface area contributed by atoms with Crippen molar-refractivity contribution in [2.24, 2.45) is 5.41 Å². The number of pyridine rings is 1. The fourth-order valence-electron chi connectivity index (χ4n) is 3.80. The van der Waals surface area contributed by atoms with E-state index in [1.807, 2.05) is 6.07 Å². The zero-order valence-electron chi connectivity index (χ0n) is 16.2. The molecule has 0 aliphatic heterocycles. The summed E-state index contributed by atoms with van der Waals surface area (Å²) in [5, 5.41) is 3.78. The fraction of sp³-hybridized carbons (Fsp3) is 0.409. The van der Waals surface area contributed by atoms with E-state index in [0.29, 0.717) is 0 Å². The van der Waals surface area contributed by atoms with Crippen LogP contribution in [0.25, 0.3) is 16.9 Å². The monoisotopic (exact) mass is 335 g/mol. The van der Waals surface area contributed by atoms with Crippen LogP contribution < -0.4 is 5.32 Å². The highest BCUT2D eigenvalue weighted by Crippen LogP contribution is 2.34. The van der Waals surface area contributed by atoms with Gasteiger partial charge in [0, 0.05) is 17.3 Å². The molecule has 3 nitrogen and oxygen atoms in total. The van der Waals surface area contributed by atoms with Crippen molar-refractivity contribution in [1.29, 1.82) is 0 Å². The Morgan fingerprint density at radius 2 is 1.76 bits per heavy atom. The molecule has 2 heterocycles. The molecule has 0 fully saturated rings. The zero-order chi connectivity index (χ0) is 18.2. The summed E-state index contributed by atoms with van der Waals surface area (Å²) in [6, 6.07) is 14.7. The van der Waals surface area contributed by atoms with Crippen molar-refractivity contribution in [3.05, 3.63) is 54.2 Å². The van der Waals surface area contributed by atoms with Crippen molar-refractivity contribution >= 4 is 11.5 Å². The van der Waals surface area contributed by atoms with Crippen LogP contribution in [-0.2, 0) is 0 Å². The van der Waals surface area contributed by atoms with Gasteiger partial charge < -0.3 is 5.32 Å². The van der Waals surface area contributed by atoms with Crippen molar-refractivity contribution in [1.82, 2.24) is 9.38 Å². The minimum Gasteiger partial charge on any atom is -0.364 e. The van der Waals surface area contributed by atoms with Crippen LogP contribution in [0.3, 0.4) is 0 Å². The average Bonchev–Trinajstić information content (AvgIpc) is 2.83. The number of fused-ring (bicyclic) bond motifs is 1. The maximum atomic E-state index is 4.91. The molecule has 0 amide bonds. The summed E-state index contributed by atoms with van der Waals surface area (Å²) >= 11 is 0. The van der Waals surface area contributed by atoms with Gasteiger partial charge in [0.2, 0.25) is 0 Å². The van der Waals surface area contributed by atoms with E-state index in [2.05, 4.69) is 93.9 Å². The summed E-state index contributed by atoms with van der Waals surface area (Å²) in [5.74, 6) is 1.07. The third kappa shape index (κ3) is 4.04. The first kappa shape index (κ1) is 17.5. The van der Waals surface area contributed by atoms with Gasteiger partial charge in [0.25, 0.3) is 0 Å². The van der Waals surface area contributed by atoms with Crippen LogP contribution in [0, 0.1) is 12.3 Å². The lowest BCUT2D eigenvalue weighted by atomic mass is 9.82. The number of hydrogen-bond donors (Lipinski definition) is 1. The van der Waals surface area contributed by atoms with Crippen molar-refractivity contribution in [3.8, 4) is 11.3 Å². The predicted octanol–water partition coefficient (Wildman–Crippen LogP) is 5.94. The minimum atomic E-state index is -0.0391. The lowest BCUT2D eigenvalue weighted by molar-refractivity contribution is 0.302. The molecular formula is C22H29N3. The van der Waals surface area contributed by atoms with E-state index in [0.717, 1.165) is 29.1 Å². The van der Waals surface area contributed by atoms with E-state index >= 15 is 0 Å². The fourth-order valence-corrected chi connectivity index (χ4v) is 3.80. The van der Waals surface area contributed by atoms with Crippen LogP contribution >= 0.6 is 0 Å². The third-order valence-electron chi connectivity index (χ3n) is 4.25. The summed E-state index contributed by atoms with van der Waals surface area (Å²) in [7, 11) is 0. The second kappa shape index (κ2) is 6.21. The number of nitrogens with one attached hydrogen (secondary N) is 1. The Morgan fingerprint density at radius 1 is 1.00 bits per heavy atom. The average molecular weight is 335 g/mol. The van der Waals surface area contributed by atoms with E-state index in [-0.39, 0.29) is 11.0 Å². The predicted molar refractivity (Wildman–Crippen MR) is 107 cm³/mol. The Kier molecular flexibility index (Phi) is 4.36. The molecule has 1 N–H and O–H groups in total. The molecule has 0 bridgehead atoms. The molecule has 1 aromatic carbocycles. The van der Waals surface area contributed by atoms with Crippen LogP contribution in [0.5, 0.6) is 0 Å². The maximum absolute atomic E-state index is 4.91. The summed E-state index contributed by atoms with van der Waals surface area (Å²) in [6.07, 6.45) is 3.14. The smallest absolute Gasteiger partial charge is 0.139 e. The highest BCUT2D eigenvalue weighted by atomic mass is 15.2. The highest BCUT2D eigenvalue weighted by Gasteiger charge is 2.27. The van der Waals surface area contributed by atoms with Crippen molar-refractivity contribution < 1.29 is 0 Å². The molecule has 0 saturated carbocycles. The molecule has 3 heteroatoms. The van der Waals surface area contributed by atoms with Gasteiger partial charge in [-0.05, 0) is 50.8 Å². The standard InChI is InChI=1S/C22H29N3/c1-16-10-9-11-17(14-16)19-20(24-22(5,6)15-21(2,3)4)25-13-8-7-12-18(25)23-19/h7-14,24H,15H2,1-6H3. The van der Waals surface area contributed by atoms with E-state index in [4.69, 9.17) is 4.98 Å². The molecule has 3 rings (SSSR count). The Balaban J connectivity index is 2.11. The molecular weight excluding hydrogens is 306 g/mol. The summed E-state index contributed by atoms with van der Waals surface area (Å²) in [4.78, 5) is 4.91. The Labute approximate surface area is 151 Å². The normalized spacial score (nSPS) is 12.6. The quantitative estimate of drug-likeness (QED) is 0.639. The minimum absolute atomic E-state index is 0.0391. The maximum Gasteiger partial charge on any atom is 0.139 e. The van der Waals surface area contributed by atoms with Crippen molar-refractivity contribution in [2.45, 2.75) is 53.5 Å². The molecule has 3 aromatic rings. The van der Waals surface area contributed by atoms with Crippen molar-refractivity contribution in [2.75, 3.05) is 5.32 Å². The van der Waals surface area contributed by atoms with E-state index < -0.39 is 0 Å². The molecule has 0 unspecified atom stereocenters. The summed E-state index contributed by atoms with van der Waals surface area (Å²) < 4.78 is 2.15. The zero-order valence-corrected chi connectivity index (χ0v) is 16.2. The second-order valence-corrected chi connectivity index (χ2v) is 8.85. The number of aromatic nitrogens is 2. The Hall–Kier alpha value is -2.29. The molecule has 0 aliphatic rings. The Bertz CT molecular complexity index is 882. The topological polar surface area (TPSA) is 29.3 Å². The second-order valence-electron chi connectivity index (χ2n) is 8.85. The number of hydrogen-bond acceptors (Lipinski definition) is 2. The largest absolute Gasteiger partial charge is 0.364 e. The molecule has 0 saturated heterocycles. The van der Waals surface area contributed by atoms with Gasteiger partial charge in [0.05, 0.1) is 0 Å². The number of benzene rings is 1. The van der Waals surface area contributed by atoms with Crippen LogP contribution in [-0.4, -0.2) is 14.9 Å². The van der Waals surface area contributed by atoms with Crippen molar-refractivity contribution in [3.63, 3.8) is 0 Å². The molecule has 2 aromatic heterocycles. The first-order valence-electron chi connectivity index (χ1n) is 8.97. The number of aryl methyl sites for hydroxylation is 1. The molecule has 0 radical (unpaired) electrons. The van der Waals surface area contributed by atoms with Gasteiger partial charge in [-0.1, -0.05) is 50.6 Å². The van der Waals surface area contributed by atoms with E-state index in [1.54, 1.807) is 0 Å².